The van der Waals surface area contributed by atoms with Gasteiger partial charge in [0.25, 0.3) is 0 Å². The molecule has 1 fully saturated rings. The van der Waals surface area contributed by atoms with Crippen molar-refractivity contribution < 1.29 is 14.3 Å². The first-order valence-corrected chi connectivity index (χ1v) is 7.11. The van der Waals surface area contributed by atoms with Crippen molar-refractivity contribution in [3.8, 4) is 0 Å². The molecule has 1 saturated heterocycles. The van der Waals surface area contributed by atoms with Crippen LogP contribution in [0, 0.1) is 5.82 Å². The Labute approximate surface area is 118 Å². The van der Waals surface area contributed by atoms with Crippen LogP contribution in [0.25, 0.3) is 0 Å². The quantitative estimate of drug-likeness (QED) is 0.751. The van der Waals surface area contributed by atoms with E-state index in [2.05, 4.69) is 10.2 Å². The van der Waals surface area contributed by atoms with Gasteiger partial charge in [-0.25, -0.2) is 9.18 Å². The highest BCUT2D eigenvalue weighted by atomic mass is 19.1. The molecule has 1 heterocycles. The highest BCUT2D eigenvalue weighted by molar-refractivity contribution is 5.87. The molecule has 1 aliphatic heterocycles. The zero-order valence-electron chi connectivity index (χ0n) is 11.6. The summed E-state index contributed by atoms with van der Waals surface area (Å²) < 4.78 is 13.5. The minimum atomic E-state index is -1.23. The monoisotopic (exact) mass is 280 g/mol. The summed E-state index contributed by atoms with van der Waals surface area (Å²) in [7, 11) is 0. The van der Waals surface area contributed by atoms with E-state index in [4.69, 9.17) is 5.11 Å². The number of nitrogens with zero attached hydrogens (tertiary/aromatic N) is 1. The summed E-state index contributed by atoms with van der Waals surface area (Å²) in [6.45, 7) is 4.98. The van der Waals surface area contributed by atoms with Gasteiger partial charge in [-0.1, -0.05) is 6.07 Å². The van der Waals surface area contributed by atoms with E-state index in [1.165, 1.54) is 38.1 Å². The maximum absolute atomic E-state index is 13.5. The Balaban J connectivity index is 1.68. The van der Waals surface area contributed by atoms with Crippen LogP contribution in [0.5, 0.6) is 0 Å². The molecule has 0 amide bonds. The van der Waals surface area contributed by atoms with Crippen molar-refractivity contribution in [3.63, 3.8) is 0 Å². The number of hydrogen-bond donors (Lipinski definition) is 2. The van der Waals surface area contributed by atoms with E-state index in [0.717, 1.165) is 25.1 Å². The summed E-state index contributed by atoms with van der Waals surface area (Å²) in [5.74, 6) is -1.90. The fourth-order valence-electron chi connectivity index (χ4n) is 2.51. The van der Waals surface area contributed by atoms with Crippen LogP contribution in [0.4, 0.5) is 4.39 Å². The predicted octanol–water partition coefficient (Wildman–Crippen LogP) is 2.10. The molecule has 5 heteroatoms. The third kappa shape index (κ3) is 4.28. The molecule has 1 aromatic carbocycles. The van der Waals surface area contributed by atoms with E-state index in [1.807, 2.05) is 0 Å². The summed E-state index contributed by atoms with van der Waals surface area (Å²) >= 11 is 0. The van der Waals surface area contributed by atoms with Crippen LogP contribution < -0.4 is 5.32 Å². The first-order valence-electron chi connectivity index (χ1n) is 7.11. The number of likely N-dealkylation sites (tertiary alicyclic amines) is 1. The van der Waals surface area contributed by atoms with Gasteiger partial charge in [0.1, 0.15) is 5.82 Å². The van der Waals surface area contributed by atoms with Gasteiger partial charge in [-0.05, 0) is 63.1 Å². The van der Waals surface area contributed by atoms with Crippen LogP contribution >= 0.6 is 0 Å². The summed E-state index contributed by atoms with van der Waals surface area (Å²) in [4.78, 5) is 13.2. The van der Waals surface area contributed by atoms with Crippen LogP contribution in [0.1, 0.15) is 35.2 Å². The number of carbonyl (C=O) groups is 1. The van der Waals surface area contributed by atoms with Gasteiger partial charge in [0.15, 0.2) is 0 Å². The Hall–Kier alpha value is -1.46. The van der Waals surface area contributed by atoms with Crippen LogP contribution in [0.15, 0.2) is 18.2 Å². The fraction of sp³-hybridized carbons (Fsp3) is 0.533. The smallest absolute Gasteiger partial charge is 0.338 e. The zero-order chi connectivity index (χ0) is 14.4. The van der Waals surface area contributed by atoms with Gasteiger partial charge in [0.05, 0.1) is 5.56 Å². The van der Waals surface area contributed by atoms with E-state index in [1.54, 1.807) is 6.07 Å². The van der Waals surface area contributed by atoms with Gasteiger partial charge >= 0.3 is 5.97 Å². The van der Waals surface area contributed by atoms with E-state index in [-0.39, 0.29) is 5.56 Å². The second-order valence-corrected chi connectivity index (χ2v) is 5.20. The molecule has 0 saturated carbocycles. The maximum Gasteiger partial charge on any atom is 0.338 e. The Bertz CT molecular complexity index is 459. The molecule has 20 heavy (non-hydrogen) atoms. The average molecular weight is 280 g/mol. The molecule has 1 aliphatic rings. The lowest BCUT2D eigenvalue weighted by Crippen LogP contribution is -2.24. The first kappa shape index (κ1) is 14.9. The largest absolute Gasteiger partial charge is 0.478 e. The number of aromatic carboxylic acids is 1. The lowest BCUT2D eigenvalue weighted by molar-refractivity contribution is 0.0692. The van der Waals surface area contributed by atoms with Crippen molar-refractivity contribution in [3.05, 3.63) is 35.1 Å². The van der Waals surface area contributed by atoms with Gasteiger partial charge in [-0.3, -0.25) is 0 Å². The zero-order valence-corrected chi connectivity index (χ0v) is 11.6. The van der Waals surface area contributed by atoms with E-state index >= 15 is 0 Å². The van der Waals surface area contributed by atoms with E-state index < -0.39 is 11.8 Å². The number of hydrogen-bond acceptors (Lipinski definition) is 3. The van der Waals surface area contributed by atoms with Gasteiger partial charge in [-0.2, -0.15) is 0 Å². The van der Waals surface area contributed by atoms with Crippen molar-refractivity contribution in [2.75, 3.05) is 26.2 Å². The molecule has 0 bridgehead atoms. The van der Waals surface area contributed by atoms with Crippen LogP contribution in [-0.2, 0) is 6.54 Å². The van der Waals surface area contributed by atoms with Gasteiger partial charge in [-0.15, -0.1) is 0 Å². The van der Waals surface area contributed by atoms with Gasteiger partial charge < -0.3 is 15.3 Å². The third-order valence-electron chi connectivity index (χ3n) is 3.62. The molecule has 1 aromatic rings. The second-order valence-electron chi connectivity index (χ2n) is 5.20. The number of carboxylic acid groups (broad SMARTS) is 1. The number of nitrogens with one attached hydrogen (secondary N) is 1. The molecule has 2 rings (SSSR count). The number of halogens is 1. The summed E-state index contributed by atoms with van der Waals surface area (Å²) in [5.41, 5.74) is 0.497. The molecule has 110 valence electrons. The Morgan fingerprint density at radius 3 is 2.75 bits per heavy atom. The maximum atomic E-state index is 13.5. The normalized spacial score (nSPS) is 15.7. The lowest BCUT2D eigenvalue weighted by Gasteiger charge is -2.14. The van der Waals surface area contributed by atoms with Crippen LogP contribution in [-0.4, -0.2) is 42.2 Å². The van der Waals surface area contributed by atoms with E-state index in [0.29, 0.717) is 6.54 Å². The van der Waals surface area contributed by atoms with Gasteiger partial charge in [0.2, 0.25) is 0 Å². The summed E-state index contributed by atoms with van der Waals surface area (Å²) in [6.07, 6.45) is 3.70. The van der Waals surface area contributed by atoms with Crippen molar-refractivity contribution in [1.29, 1.82) is 0 Å². The number of benzene rings is 1. The van der Waals surface area contributed by atoms with Crippen LogP contribution in [0.3, 0.4) is 0 Å². The molecule has 2 N–H and O–H groups in total. The second kappa shape index (κ2) is 7.36. The SMILES string of the molecule is O=C(O)c1ccc(CNCCCN2CCCC2)cc1F. The molecule has 0 radical (unpaired) electrons. The third-order valence-corrected chi connectivity index (χ3v) is 3.62. The number of carboxylic acids is 1. The summed E-state index contributed by atoms with van der Waals surface area (Å²) in [6, 6.07) is 4.26. The fourth-order valence-corrected chi connectivity index (χ4v) is 2.51. The number of rotatable bonds is 7. The standard InChI is InChI=1S/C15H21FN2O2/c16-14-10-12(4-5-13(14)15(19)20)11-17-6-3-9-18-7-1-2-8-18/h4-5,10,17H,1-3,6-9,11H2,(H,19,20). The van der Waals surface area contributed by atoms with Crippen molar-refractivity contribution in [2.24, 2.45) is 0 Å². The molecular weight excluding hydrogens is 259 g/mol. The van der Waals surface area contributed by atoms with Gasteiger partial charge in [0, 0.05) is 6.54 Å². The topological polar surface area (TPSA) is 52.6 Å². The molecule has 0 atom stereocenters. The minimum Gasteiger partial charge on any atom is -0.478 e. The minimum absolute atomic E-state index is 0.275. The Kier molecular flexibility index (Phi) is 5.49. The molecule has 4 nitrogen and oxygen atoms in total. The highest BCUT2D eigenvalue weighted by Gasteiger charge is 2.11. The molecule has 0 spiro atoms. The first-order chi connectivity index (χ1) is 9.66. The van der Waals surface area contributed by atoms with Crippen molar-refractivity contribution in [1.82, 2.24) is 10.2 Å². The Morgan fingerprint density at radius 1 is 1.35 bits per heavy atom. The molecular formula is C15H21FN2O2. The summed E-state index contributed by atoms with van der Waals surface area (Å²) in [5, 5.41) is 12.0. The van der Waals surface area contributed by atoms with Crippen molar-refractivity contribution in [2.45, 2.75) is 25.8 Å². The van der Waals surface area contributed by atoms with Crippen LogP contribution in [0.2, 0.25) is 0 Å². The molecule has 0 aliphatic carbocycles. The lowest BCUT2D eigenvalue weighted by atomic mass is 10.1. The van der Waals surface area contributed by atoms with E-state index in [9.17, 15) is 9.18 Å². The average Bonchev–Trinajstić information content (AvgIpc) is 2.91. The van der Waals surface area contributed by atoms with Crippen molar-refractivity contribution >= 4 is 5.97 Å². The Morgan fingerprint density at radius 2 is 2.10 bits per heavy atom. The predicted molar refractivity (Wildman–Crippen MR) is 75.4 cm³/mol. The highest BCUT2D eigenvalue weighted by Crippen LogP contribution is 2.10. The molecule has 0 aromatic heterocycles. The molecule has 0 unspecified atom stereocenters.